The highest BCUT2D eigenvalue weighted by Gasteiger charge is 2.18. The van der Waals surface area contributed by atoms with Gasteiger partial charge in [-0.25, -0.2) is 4.98 Å². The molecule has 1 heterocycles. The van der Waals surface area contributed by atoms with E-state index in [1.54, 1.807) is 18.2 Å². The minimum absolute atomic E-state index is 0.238. The Balaban J connectivity index is 1.49. The minimum atomic E-state index is -0.400. The highest BCUT2D eigenvalue weighted by atomic mass is 35.5. The summed E-state index contributed by atoms with van der Waals surface area (Å²) in [7, 11) is 1.45. The molecule has 0 aliphatic heterocycles. The Kier molecular flexibility index (Phi) is 5.21. The number of fused-ring (bicyclic) bond motifs is 2. The van der Waals surface area contributed by atoms with Crippen LogP contribution in [0.1, 0.15) is 10.4 Å². The number of rotatable bonds is 4. The molecule has 7 heteroatoms. The van der Waals surface area contributed by atoms with E-state index in [9.17, 15) is 4.79 Å². The number of anilines is 1. The van der Waals surface area contributed by atoms with E-state index in [4.69, 9.17) is 32.4 Å². The first-order chi connectivity index (χ1) is 15.5. The zero-order valence-corrected chi connectivity index (χ0v) is 18.4. The van der Waals surface area contributed by atoms with Gasteiger partial charge in [0.05, 0.1) is 17.7 Å². The van der Waals surface area contributed by atoms with Crippen molar-refractivity contribution in [1.82, 2.24) is 4.98 Å². The SMILES string of the molecule is COc1c(Cl)cc(Cl)cc1C(=O)Nc1ccc2oc(-c3cccc4ccccc34)nc2c1. The number of benzene rings is 4. The number of aromatic nitrogens is 1. The molecule has 0 saturated heterocycles. The summed E-state index contributed by atoms with van der Waals surface area (Å²) in [5, 5.41) is 5.60. The van der Waals surface area contributed by atoms with E-state index in [1.165, 1.54) is 19.2 Å². The zero-order valence-electron chi connectivity index (χ0n) is 16.9. The van der Waals surface area contributed by atoms with Crippen molar-refractivity contribution in [3.63, 3.8) is 0 Å². The molecule has 5 nitrogen and oxygen atoms in total. The van der Waals surface area contributed by atoms with Crippen LogP contribution in [-0.4, -0.2) is 18.0 Å². The van der Waals surface area contributed by atoms with E-state index in [2.05, 4.69) is 10.3 Å². The number of methoxy groups -OCH3 is 1. The molecule has 5 aromatic rings. The summed E-state index contributed by atoms with van der Waals surface area (Å²) < 4.78 is 11.3. The third-order valence-corrected chi connectivity index (χ3v) is 5.62. The summed E-state index contributed by atoms with van der Waals surface area (Å²) in [6.07, 6.45) is 0. The van der Waals surface area contributed by atoms with Gasteiger partial charge in [-0.1, -0.05) is 59.6 Å². The van der Waals surface area contributed by atoms with Gasteiger partial charge < -0.3 is 14.5 Å². The molecule has 32 heavy (non-hydrogen) atoms. The summed E-state index contributed by atoms with van der Waals surface area (Å²) in [5.41, 5.74) is 2.94. The van der Waals surface area contributed by atoms with Gasteiger partial charge in [-0.05, 0) is 47.2 Å². The molecule has 1 amide bonds. The summed E-state index contributed by atoms with van der Waals surface area (Å²) in [5.74, 6) is 0.376. The fourth-order valence-electron chi connectivity index (χ4n) is 3.67. The highest BCUT2D eigenvalue weighted by Crippen LogP contribution is 2.34. The fourth-order valence-corrected chi connectivity index (χ4v) is 4.24. The summed E-state index contributed by atoms with van der Waals surface area (Å²) in [6, 6.07) is 22.4. The lowest BCUT2D eigenvalue weighted by atomic mass is 10.0. The van der Waals surface area contributed by atoms with Crippen LogP contribution in [0, 0.1) is 0 Å². The van der Waals surface area contributed by atoms with Crippen LogP contribution in [-0.2, 0) is 0 Å². The van der Waals surface area contributed by atoms with Gasteiger partial charge in [-0.2, -0.15) is 0 Å². The number of carbonyl (C=O) groups excluding carboxylic acids is 1. The van der Waals surface area contributed by atoms with Crippen LogP contribution in [0.5, 0.6) is 5.75 Å². The first-order valence-corrected chi connectivity index (χ1v) is 10.5. The average Bonchev–Trinajstić information content (AvgIpc) is 3.21. The molecule has 0 bridgehead atoms. The van der Waals surface area contributed by atoms with Gasteiger partial charge in [0.25, 0.3) is 5.91 Å². The van der Waals surface area contributed by atoms with Crippen molar-refractivity contribution < 1.29 is 13.9 Å². The molecular weight excluding hydrogens is 447 g/mol. The first-order valence-electron chi connectivity index (χ1n) is 9.76. The van der Waals surface area contributed by atoms with Crippen molar-refractivity contribution in [2.24, 2.45) is 0 Å². The maximum absolute atomic E-state index is 12.9. The number of hydrogen-bond donors (Lipinski definition) is 1. The lowest BCUT2D eigenvalue weighted by Crippen LogP contribution is -2.13. The van der Waals surface area contributed by atoms with Crippen LogP contribution < -0.4 is 10.1 Å². The molecule has 158 valence electrons. The van der Waals surface area contributed by atoms with Gasteiger partial charge in [-0.15, -0.1) is 0 Å². The monoisotopic (exact) mass is 462 g/mol. The highest BCUT2D eigenvalue weighted by molar-refractivity contribution is 6.36. The average molecular weight is 463 g/mol. The number of amides is 1. The van der Waals surface area contributed by atoms with Crippen LogP contribution in [0.2, 0.25) is 10.0 Å². The second-order valence-corrected chi connectivity index (χ2v) is 7.99. The van der Waals surface area contributed by atoms with Gasteiger partial charge >= 0.3 is 0 Å². The van der Waals surface area contributed by atoms with E-state index < -0.39 is 5.91 Å². The summed E-state index contributed by atoms with van der Waals surface area (Å²) >= 11 is 12.2. The maximum Gasteiger partial charge on any atom is 0.259 e. The smallest absolute Gasteiger partial charge is 0.259 e. The molecule has 0 radical (unpaired) electrons. The molecule has 1 N–H and O–H groups in total. The van der Waals surface area contributed by atoms with Crippen molar-refractivity contribution in [1.29, 1.82) is 0 Å². The number of carbonyl (C=O) groups is 1. The predicted octanol–water partition coefficient (Wildman–Crippen LogP) is 7.22. The lowest BCUT2D eigenvalue weighted by molar-refractivity contribution is 0.102. The molecule has 0 saturated carbocycles. The van der Waals surface area contributed by atoms with Crippen LogP contribution in [0.3, 0.4) is 0 Å². The Hall–Kier alpha value is -3.54. The third kappa shape index (κ3) is 3.66. The Labute approximate surface area is 193 Å². The molecule has 0 fully saturated rings. The maximum atomic E-state index is 12.9. The molecule has 0 aliphatic carbocycles. The van der Waals surface area contributed by atoms with Gasteiger partial charge in [0.15, 0.2) is 5.58 Å². The minimum Gasteiger partial charge on any atom is -0.494 e. The topological polar surface area (TPSA) is 64.4 Å². The summed E-state index contributed by atoms with van der Waals surface area (Å²) in [6.45, 7) is 0. The van der Waals surface area contributed by atoms with Crippen molar-refractivity contribution in [2.75, 3.05) is 12.4 Å². The number of nitrogens with zero attached hydrogens (tertiary/aromatic N) is 1. The van der Waals surface area contributed by atoms with Crippen molar-refractivity contribution >= 4 is 56.7 Å². The number of nitrogens with one attached hydrogen (secondary N) is 1. The standard InChI is InChI=1S/C25H16Cl2N2O3/c1-31-23-19(11-15(26)12-20(23)27)24(30)28-16-9-10-22-21(13-16)29-25(32-22)18-8-4-6-14-5-2-3-7-17(14)18/h2-13H,1H3,(H,28,30). The molecule has 4 aromatic carbocycles. The van der Waals surface area contributed by atoms with Gasteiger partial charge in [0.2, 0.25) is 5.89 Å². The second kappa shape index (κ2) is 8.19. The molecule has 0 atom stereocenters. The van der Waals surface area contributed by atoms with E-state index >= 15 is 0 Å². The van der Waals surface area contributed by atoms with Gasteiger partial charge in [-0.3, -0.25) is 4.79 Å². The predicted molar refractivity (Wildman–Crippen MR) is 128 cm³/mol. The van der Waals surface area contributed by atoms with Crippen molar-refractivity contribution in [3.05, 3.63) is 88.4 Å². The fraction of sp³-hybridized carbons (Fsp3) is 0.0400. The number of oxazole rings is 1. The largest absolute Gasteiger partial charge is 0.494 e. The van der Waals surface area contributed by atoms with Gasteiger partial charge in [0, 0.05) is 16.3 Å². The van der Waals surface area contributed by atoms with Crippen LogP contribution in [0.25, 0.3) is 33.3 Å². The number of ether oxygens (including phenoxy) is 1. The lowest BCUT2D eigenvalue weighted by Gasteiger charge is -2.11. The molecule has 0 spiro atoms. The second-order valence-electron chi connectivity index (χ2n) is 7.15. The number of halogens is 2. The van der Waals surface area contributed by atoms with E-state index in [0.717, 1.165) is 16.3 Å². The molecule has 1 aromatic heterocycles. The third-order valence-electron chi connectivity index (χ3n) is 5.12. The zero-order chi connectivity index (χ0) is 22.2. The Morgan fingerprint density at radius 3 is 2.66 bits per heavy atom. The normalized spacial score (nSPS) is 11.1. The molecule has 0 unspecified atom stereocenters. The Bertz CT molecular complexity index is 1490. The van der Waals surface area contributed by atoms with Crippen molar-refractivity contribution in [2.45, 2.75) is 0 Å². The van der Waals surface area contributed by atoms with E-state index in [0.29, 0.717) is 27.7 Å². The first kappa shape index (κ1) is 20.4. The Morgan fingerprint density at radius 2 is 1.81 bits per heavy atom. The van der Waals surface area contributed by atoms with Gasteiger partial charge in [0.1, 0.15) is 11.3 Å². The number of hydrogen-bond acceptors (Lipinski definition) is 4. The van der Waals surface area contributed by atoms with Crippen LogP contribution in [0.15, 0.2) is 77.2 Å². The van der Waals surface area contributed by atoms with E-state index in [1.807, 2.05) is 42.5 Å². The summed E-state index contributed by atoms with van der Waals surface area (Å²) in [4.78, 5) is 17.5. The Morgan fingerprint density at radius 1 is 1.00 bits per heavy atom. The molecule has 5 rings (SSSR count). The molecule has 0 aliphatic rings. The quantitative estimate of drug-likeness (QED) is 0.306. The van der Waals surface area contributed by atoms with Crippen LogP contribution in [0.4, 0.5) is 5.69 Å². The van der Waals surface area contributed by atoms with Crippen LogP contribution >= 0.6 is 23.2 Å². The van der Waals surface area contributed by atoms with E-state index in [-0.39, 0.29) is 16.3 Å². The van der Waals surface area contributed by atoms with Crippen molar-refractivity contribution in [3.8, 4) is 17.2 Å². The molecular formula is C25H16Cl2N2O3.